The molecule has 0 saturated heterocycles. The van der Waals surface area contributed by atoms with Gasteiger partial charge in [-0.15, -0.1) is 0 Å². The third-order valence-electron chi connectivity index (χ3n) is 8.69. The first-order valence-electron chi connectivity index (χ1n) is 15.7. The summed E-state index contributed by atoms with van der Waals surface area (Å²) in [5.74, 6) is 0.595. The summed E-state index contributed by atoms with van der Waals surface area (Å²) in [7, 11) is 0. The fourth-order valence-corrected chi connectivity index (χ4v) is 6.43. The van der Waals surface area contributed by atoms with Crippen molar-refractivity contribution in [2.45, 2.75) is 0 Å². The Kier molecular flexibility index (Phi) is 6.43. The largest absolute Gasteiger partial charge is 0.456 e. The number of hydrogen-bond donors (Lipinski definition) is 0. The van der Waals surface area contributed by atoms with Gasteiger partial charge in [-0.1, -0.05) is 109 Å². The second-order valence-corrected chi connectivity index (χ2v) is 11.6. The molecule has 0 atom stereocenters. The zero-order chi connectivity index (χ0) is 31.2. The highest BCUT2D eigenvalue weighted by Crippen LogP contribution is 2.44. The van der Waals surface area contributed by atoms with E-state index in [4.69, 9.17) is 13.8 Å². The lowest BCUT2D eigenvalue weighted by atomic mass is 9.99. The second-order valence-electron chi connectivity index (χ2n) is 11.6. The van der Waals surface area contributed by atoms with Crippen LogP contribution in [-0.4, -0.2) is 4.98 Å². The summed E-state index contributed by atoms with van der Waals surface area (Å²) < 4.78 is 12.8. The molecule has 7 aromatic carbocycles. The van der Waals surface area contributed by atoms with E-state index in [1.54, 1.807) is 0 Å². The first-order valence-corrected chi connectivity index (χ1v) is 15.7. The third kappa shape index (κ3) is 4.84. The minimum Gasteiger partial charge on any atom is -0.456 e. The van der Waals surface area contributed by atoms with Gasteiger partial charge in [-0.05, 0) is 76.9 Å². The molecule has 0 spiro atoms. The average Bonchev–Trinajstić information content (AvgIpc) is 3.73. The number of rotatable bonds is 6. The maximum atomic E-state index is 6.47. The molecule has 4 heteroatoms. The number of anilines is 3. The highest BCUT2D eigenvalue weighted by atomic mass is 16.4. The highest BCUT2D eigenvalue weighted by Gasteiger charge is 2.21. The van der Waals surface area contributed by atoms with Crippen molar-refractivity contribution in [3.63, 3.8) is 0 Å². The van der Waals surface area contributed by atoms with Gasteiger partial charge >= 0.3 is 0 Å². The lowest BCUT2D eigenvalue weighted by Crippen LogP contribution is -2.10. The molecule has 9 rings (SSSR count). The van der Waals surface area contributed by atoms with Crippen LogP contribution in [0, 0.1) is 0 Å². The number of oxazole rings is 1. The van der Waals surface area contributed by atoms with Gasteiger partial charge in [0.25, 0.3) is 0 Å². The van der Waals surface area contributed by atoms with E-state index in [1.165, 1.54) is 11.1 Å². The Balaban J connectivity index is 1.19. The summed E-state index contributed by atoms with van der Waals surface area (Å²) >= 11 is 0. The molecule has 0 aliphatic rings. The Labute approximate surface area is 271 Å². The number of nitrogens with zero attached hydrogens (tertiary/aromatic N) is 2. The first-order chi connectivity index (χ1) is 23.3. The van der Waals surface area contributed by atoms with Crippen molar-refractivity contribution in [3.8, 4) is 33.7 Å². The monoisotopic (exact) mass is 604 g/mol. The van der Waals surface area contributed by atoms with Crippen LogP contribution in [0.1, 0.15) is 0 Å². The van der Waals surface area contributed by atoms with E-state index in [9.17, 15) is 0 Å². The normalized spacial score (nSPS) is 11.4. The second kappa shape index (κ2) is 11.2. The van der Waals surface area contributed by atoms with Crippen LogP contribution in [0.15, 0.2) is 179 Å². The zero-order valence-corrected chi connectivity index (χ0v) is 25.4. The van der Waals surface area contributed by atoms with Crippen LogP contribution in [0.5, 0.6) is 0 Å². The van der Waals surface area contributed by atoms with Gasteiger partial charge in [-0.2, -0.15) is 0 Å². The van der Waals surface area contributed by atoms with Gasteiger partial charge in [0.15, 0.2) is 5.58 Å². The maximum Gasteiger partial charge on any atom is 0.227 e. The Morgan fingerprint density at radius 2 is 1.00 bits per heavy atom. The molecule has 0 bridgehead atoms. The average molecular weight is 605 g/mol. The van der Waals surface area contributed by atoms with Crippen molar-refractivity contribution >= 4 is 50.1 Å². The number of fused-ring (bicyclic) bond motifs is 4. The van der Waals surface area contributed by atoms with Gasteiger partial charge in [-0.3, -0.25) is 0 Å². The number of benzene rings is 7. The molecule has 0 N–H and O–H groups in total. The molecule has 0 aliphatic carbocycles. The van der Waals surface area contributed by atoms with Gasteiger partial charge in [0.1, 0.15) is 16.7 Å². The van der Waals surface area contributed by atoms with Crippen LogP contribution < -0.4 is 4.90 Å². The van der Waals surface area contributed by atoms with Crippen molar-refractivity contribution in [2.75, 3.05) is 4.90 Å². The summed E-state index contributed by atoms with van der Waals surface area (Å²) in [5, 5.41) is 2.00. The summed E-state index contributed by atoms with van der Waals surface area (Å²) in [5.41, 5.74) is 11.8. The smallest absolute Gasteiger partial charge is 0.227 e. The Morgan fingerprint density at radius 3 is 1.74 bits per heavy atom. The van der Waals surface area contributed by atoms with E-state index in [0.29, 0.717) is 5.89 Å². The van der Waals surface area contributed by atoms with Crippen LogP contribution in [0.25, 0.3) is 66.7 Å². The fraction of sp³-hybridized carbons (Fsp3) is 0. The molecule has 4 nitrogen and oxygen atoms in total. The molecule has 0 amide bonds. The molecular weight excluding hydrogens is 576 g/mol. The summed E-state index contributed by atoms with van der Waals surface area (Å²) in [4.78, 5) is 7.08. The lowest BCUT2D eigenvalue weighted by molar-refractivity contribution is 0.620. The number of hydrogen-bond acceptors (Lipinski definition) is 4. The van der Waals surface area contributed by atoms with Crippen molar-refractivity contribution in [1.82, 2.24) is 4.98 Å². The minimum atomic E-state index is 0.595. The molecule has 47 heavy (non-hydrogen) atoms. The Hall–Kier alpha value is -6.39. The van der Waals surface area contributed by atoms with Crippen LogP contribution in [0.2, 0.25) is 0 Å². The molecule has 0 fully saturated rings. The van der Waals surface area contributed by atoms with E-state index in [1.807, 2.05) is 54.6 Å². The predicted octanol–water partition coefficient (Wildman–Crippen LogP) is 12.2. The number of aromatic nitrogens is 1. The molecular formula is C43H28N2O2. The zero-order valence-electron chi connectivity index (χ0n) is 25.4. The molecule has 9 aromatic rings. The lowest BCUT2D eigenvalue weighted by Gasteiger charge is -2.26. The van der Waals surface area contributed by atoms with Crippen molar-refractivity contribution in [3.05, 3.63) is 170 Å². The van der Waals surface area contributed by atoms with Crippen LogP contribution >= 0.6 is 0 Å². The maximum absolute atomic E-state index is 6.47. The van der Waals surface area contributed by atoms with Crippen molar-refractivity contribution in [1.29, 1.82) is 0 Å². The molecule has 222 valence electrons. The number of para-hydroxylation sites is 1. The summed E-state index contributed by atoms with van der Waals surface area (Å²) in [6.45, 7) is 0. The Morgan fingerprint density at radius 1 is 0.404 bits per heavy atom. The first kappa shape index (κ1) is 27.0. The number of furan rings is 1. The highest BCUT2D eigenvalue weighted by molar-refractivity contribution is 6.15. The van der Waals surface area contributed by atoms with E-state index in [2.05, 4.69) is 120 Å². The van der Waals surface area contributed by atoms with Crippen molar-refractivity contribution in [2.24, 2.45) is 0 Å². The quantitative estimate of drug-likeness (QED) is 0.189. The van der Waals surface area contributed by atoms with E-state index >= 15 is 0 Å². The molecule has 2 heterocycles. The third-order valence-corrected chi connectivity index (χ3v) is 8.69. The van der Waals surface area contributed by atoms with Crippen LogP contribution in [-0.2, 0) is 0 Å². The molecule has 0 radical (unpaired) electrons. The summed E-state index contributed by atoms with van der Waals surface area (Å²) in [6.07, 6.45) is 0. The minimum absolute atomic E-state index is 0.595. The summed E-state index contributed by atoms with van der Waals surface area (Å²) in [6, 6.07) is 58.7. The molecule has 2 aromatic heterocycles. The van der Waals surface area contributed by atoms with E-state index in [0.717, 1.165) is 66.8 Å². The van der Waals surface area contributed by atoms with Gasteiger partial charge in [0.2, 0.25) is 5.89 Å². The van der Waals surface area contributed by atoms with Gasteiger partial charge in [0, 0.05) is 28.4 Å². The van der Waals surface area contributed by atoms with Gasteiger partial charge < -0.3 is 13.7 Å². The Bertz CT molecular complexity index is 2500. The van der Waals surface area contributed by atoms with Crippen LogP contribution in [0.4, 0.5) is 17.1 Å². The van der Waals surface area contributed by atoms with Crippen LogP contribution in [0.3, 0.4) is 0 Å². The topological polar surface area (TPSA) is 42.4 Å². The fourth-order valence-electron chi connectivity index (χ4n) is 6.43. The molecule has 0 saturated carbocycles. The molecule has 0 unspecified atom stereocenters. The van der Waals surface area contributed by atoms with E-state index in [-0.39, 0.29) is 0 Å². The van der Waals surface area contributed by atoms with Crippen molar-refractivity contribution < 1.29 is 8.83 Å². The standard InChI is InChI=1S/C43H28N2O2/c1-4-12-29(13-5-1)30-22-24-31(25-23-30)33-16-10-19-35(26-33)45(34-17-8-3-9-18-34)38-20-11-21-39-42(38)36-27-41-37(28-40(36)46-39)44-43(47-41)32-14-6-2-7-15-32/h1-28H. The SMILES string of the molecule is c1ccc(-c2ccc(-c3cccc(N(c4ccccc4)c4cccc5oc6cc7nc(-c8ccccc8)oc7cc6c45)c3)cc2)cc1. The predicted molar refractivity (Wildman–Crippen MR) is 192 cm³/mol. The van der Waals surface area contributed by atoms with E-state index < -0.39 is 0 Å². The van der Waals surface area contributed by atoms with Gasteiger partial charge in [0.05, 0.1) is 11.1 Å². The molecule has 0 aliphatic heterocycles. The van der Waals surface area contributed by atoms with Gasteiger partial charge in [-0.25, -0.2) is 4.98 Å².